The molecular weight excluding hydrogens is 246 g/mol. The maximum Gasteiger partial charge on any atom is 0.119 e. The Morgan fingerprint density at radius 1 is 1.20 bits per heavy atom. The molecule has 0 saturated heterocycles. The zero-order chi connectivity index (χ0) is 13.7. The van der Waals surface area contributed by atoms with Gasteiger partial charge < -0.3 is 10.1 Å². The molecule has 0 fully saturated rings. The Bertz CT molecular complexity index is 677. The van der Waals surface area contributed by atoms with Gasteiger partial charge in [0.05, 0.1) is 13.2 Å². The van der Waals surface area contributed by atoms with E-state index in [1.807, 2.05) is 0 Å². The Morgan fingerprint density at radius 3 is 2.85 bits per heavy atom. The Hall–Kier alpha value is -1.96. The maximum absolute atomic E-state index is 5.48. The van der Waals surface area contributed by atoms with E-state index in [4.69, 9.17) is 4.74 Å². The summed E-state index contributed by atoms with van der Waals surface area (Å²) in [6.07, 6.45) is 2.17. The van der Waals surface area contributed by atoms with Crippen molar-refractivity contribution in [2.24, 2.45) is 0 Å². The number of anilines is 1. The van der Waals surface area contributed by atoms with Gasteiger partial charge in [-0.1, -0.05) is 31.2 Å². The highest BCUT2D eigenvalue weighted by Crippen LogP contribution is 2.53. The third-order valence-electron chi connectivity index (χ3n) is 4.77. The fourth-order valence-corrected chi connectivity index (χ4v) is 3.78. The third kappa shape index (κ3) is 1.51. The first-order valence-electron chi connectivity index (χ1n) is 7.37. The molecule has 2 aliphatic rings. The zero-order valence-electron chi connectivity index (χ0n) is 11.9. The van der Waals surface area contributed by atoms with Crippen LogP contribution in [0, 0.1) is 0 Å². The van der Waals surface area contributed by atoms with Crippen LogP contribution in [0.5, 0.6) is 5.75 Å². The summed E-state index contributed by atoms with van der Waals surface area (Å²) in [4.78, 5) is 0. The summed E-state index contributed by atoms with van der Waals surface area (Å²) in [6, 6.07) is 13.6. The smallest absolute Gasteiger partial charge is 0.119 e. The number of methoxy groups -OCH3 is 1. The molecule has 2 atom stereocenters. The second-order valence-electron chi connectivity index (χ2n) is 5.74. The Balaban J connectivity index is 1.83. The van der Waals surface area contributed by atoms with Gasteiger partial charge in [-0.3, -0.25) is 0 Å². The van der Waals surface area contributed by atoms with Gasteiger partial charge in [0.1, 0.15) is 5.75 Å². The highest BCUT2D eigenvalue weighted by atomic mass is 16.5. The van der Waals surface area contributed by atoms with Gasteiger partial charge in [-0.05, 0) is 47.2 Å². The molecule has 0 aromatic heterocycles. The molecule has 102 valence electrons. The van der Waals surface area contributed by atoms with E-state index >= 15 is 0 Å². The molecule has 0 spiro atoms. The Morgan fingerprint density at radius 2 is 2.05 bits per heavy atom. The lowest BCUT2D eigenvalue weighted by Gasteiger charge is -2.13. The second-order valence-corrected chi connectivity index (χ2v) is 5.74. The van der Waals surface area contributed by atoms with Crippen LogP contribution in [0.1, 0.15) is 41.1 Å². The molecule has 0 amide bonds. The second kappa shape index (κ2) is 4.27. The van der Waals surface area contributed by atoms with Crippen molar-refractivity contribution in [2.75, 3.05) is 12.4 Å². The van der Waals surface area contributed by atoms with E-state index in [0.29, 0.717) is 12.0 Å². The lowest BCUT2D eigenvalue weighted by molar-refractivity contribution is 0.413. The molecule has 2 aromatic carbocycles. The molecule has 20 heavy (non-hydrogen) atoms. The molecule has 1 N–H and O–H groups in total. The molecule has 1 aliphatic heterocycles. The number of aryl methyl sites for hydroxylation is 1. The highest BCUT2D eigenvalue weighted by molar-refractivity contribution is 5.69. The lowest BCUT2D eigenvalue weighted by atomic mass is 9.94. The van der Waals surface area contributed by atoms with Crippen LogP contribution in [0.2, 0.25) is 0 Å². The first-order chi connectivity index (χ1) is 9.81. The minimum atomic E-state index is 0.443. The van der Waals surface area contributed by atoms with Crippen molar-refractivity contribution in [1.82, 2.24) is 0 Å². The minimum absolute atomic E-state index is 0.443. The normalized spacial score (nSPS) is 21.9. The SMILES string of the molecule is CCc1cc(OC)cc2c1N[C@@H]1c3ccccc3C[C@H]21. The molecule has 0 bridgehead atoms. The largest absolute Gasteiger partial charge is 0.497 e. The number of rotatable bonds is 2. The van der Waals surface area contributed by atoms with E-state index in [2.05, 4.69) is 48.6 Å². The van der Waals surface area contributed by atoms with Crippen LogP contribution in [0.4, 0.5) is 5.69 Å². The topological polar surface area (TPSA) is 21.3 Å². The monoisotopic (exact) mass is 265 g/mol. The Labute approximate surface area is 119 Å². The van der Waals surface area contributed by atoms with Gasteiger partial charge in [0.2, 0.25) is 0 Å². The average Bonchev–Trinajstić information content (AvgIpc) is 3.02. The van der Waals surface area contributed by atoms with Crippen LogP contribution in [-0.2, 0) is 12.8 Å². The number of nitrogens with one attached hydrogen (secondary N) is 1. The number of ether oxygens (including phenoxy) is 1. The van der Waals surface area contributed by atoms with Crippen molar-refractivity contribution >= 4 is 5.69 Å². The highest BCUT2D eigenvalue weighted by Gasteiger charge is 2.40. The van der Waals surface area contributed by atoms with E-state index in [9.17, 15) is 0 Å². The van der Waals surface area contributed by atoms with E-state index in [1.54, 1.807) is 7.11 Å². The predicted octanol–water partition coefficient (Wildman–Crippen LogP) is 4.06. The fourth-order valence-electron chi connectivity index (χ4n) is 3.78. The maximum atomic E-state index is 5.48. The van der Waals surface area contributed by atoms with Crippen LogP contribution in [0.15, 0.2) is 36.4 Å². The third-order valence-corrected chi connectivity index (χ3v) is 4.77. The summed E-state index contributed by atoms with van der Waals surface area (Å²) in [5.41, 5.74) is 7.10. The van der Waals surface area contributed by atoms with Crippen molar-refractivity contribution < 1.29 is 4.74 Å². The standard InChI is InChI=1S/C18H19NO/c1-3-11-8-13(20-2)10-16-15-9-12-6-4-5-7-14(12)18(15)19-17(11)16/h4-8,10,15,18-19H,3,9H2,1-2H3/t15-,18-/m1/s1. The predicted molar refractivity (Wildman–Crippen MR) is 81.6 cm³/mol. The van der Waals surface area contributed by atoms with Crippen molar-refractivity contribution in [3.8, 4) is 5.75 Å². The molecule has 2 aromatic rings. The summed E-state index contributed by atoms with van der Waals surface area (Å²) >= 11 is 0. The van der Waals surface area contributed by atoms with E-state index in [1.165, 1.54) is 27.9 Å². The molecule has 0 saturated carbocycles. The molecule has 2 nitrogen and oxygen atoms in total. The molecule has 0 unspecified atom stereocenters. The first kappa shape index (κ1) is 11.8. The van der Waals surface area contributed by atoms with Crippen LogP contribution < -0.4 is 10.1 Å². The van der Waals surface area contributed by atoms with Gasteiger partial charge >= 0.3 is 0 Å². The molecular formula is C18H19NO. The first-order valence-corrected chi connectivity index (χ1v) is 7.37. The number of benzene rings is 2. The zero-order valence-corrected chi connectivity index (χ0v) is 11.9. The van der Waals surface area contributed by atoms with Crippen molar-refractivity contribution in [1.29, 1.82) is 0 Å². The van der Waals surface area contributed by atoms with Crippen LogP contribution >= 0.6 is 0 Å². The molecule has 0 radical (unpaired) electrons. The van der Waals surface area contributed by atoms with Crippen LogP contribution in [0.3, 0.4) is 0 Å². The van der Waals surface area contributed by atoms with Crippen LogP contribution in [0.25, 0.3) is 0 Å². The minimum Gasteiger partial charge on any atom is -0.497 e. The molecule has 2 heteroatoms. The van der Waals surface area contributed by atoms with Gasteiger partial charge in [-0.2, -0.15) is 0 Å². The molecule has 1 aliphatic carbocycles. The van der Waals surface area contributed by atoms with Crippen molar-refractivity contribution in [3.63, 3.8) is 0 Å². The summed E-state index contributed by atoms with van der Waals surface area (Å²) in [7, 11) is 1.75. The van der Waals surface area contributed by atoms with Crippen molar-refractivity contribution in [3.05, 3.63) is 58.7 Å². The summed E-state index contributed by atoms with van der Waals surface area (Å²) < 4.78 is 5.48. The lowest BCUT2D eigenvalue weighted by Crippen LogP contribution is -2.05. The van der Waals surface area contributed by atoms with E-state index < -0.39 is 0 Å². The van der Waals surface area contributed by atoms with Crippen LogP contribution in [-0.4, -0.2) is 7.11 Å². The van der Waals surface area contributed by atoms with Gasteiger partial charge in [0.15, 0.2) is 0 Å². The van der Waals surface area contributed by atoms with Gasteiger partial charge in [0, 0.05) is 11.6 Å². The number of hydrogen-bond acceptors (Lipinski definition) is 2. The fraction of sp³-hybridized carbons (Fsp3) is 0.333. The van der Waals surface area contributed by atoms with E-state index in [-0.39, 0.29) is 0 Å². The van der Waals surface area contributed by atoms with Gasteiger partial charge in [0.25, 0.3) is 0 Å². The quantitative estimate of drug-likeness (QED) is 0.884. The molecule has 4 rings (SSSR count). The summed E-state index contributed by atoms with van der Waals surface area (Å²) in [6.45, 7) is 2.21. The average molecular weight is 265 g/mol. The number of hydrogen-bond donors (Lipinski definition) is 1. The summed E-state index contributed by atoms with van der Waals surface area (Å²) in [5, 5.41) is 3.77. The van der Waals surface area contributed by atoms with Gasteiger partial charge in [-0.15, -0.1) is 0 Å². The molecule has 1 heterocycles. The summed E-state index contributed by atoms with van der Waals surface area (Å²) in [5.74, 6) is 1.54. The number of fused-ring (bicyclic) bond motifs is 5. The Kier molecular flexibility index (Phi) is 2.53. The van der Waals surface area contributed by atoms with Crippen molar-refractivity contribution in [2.45, 2.75) is 31.7 Å². The van der Waals surface area contributed by atoms with Gasteiger partial charge in [-0.25, -0.2) is 0 Å². The van der Waals surface area contributed by atoms with E-state index in [0.717, 1.165) is 18.6 Å².